The van der Waals surface area contributed by atoms with Crippen LogP contribution in [-0.4, -0.2) is 68.4 Å². The third-order valence-electron chi connectivity index (χ3n) is 6.30. The number of carbonyl (C=O) groups is 1. The van der Waals surface area contributed by atoms with Crippen molar-refractivity contribution in [3.63, 3.8) is 0 Å². The van der Waals surface area contributed by atoms with Crippen LogP contribution >= 0.6 is 0 Å². The SMILES string of the molecule is CN(CC(=O)N1CCC2(C=Cc3ccccc32)CC1)C1CCS(=O)(=O)C1. The minimum Gasteiger partial charge on any atom is -0.342 e. The highest BCUT2D eigenvalue weighted by Crippen LogP contribution is 2.43. The number of likely N-dealkylation sites (tertiary alicyclic amines) is 1. The van der Waals surface area contributed by atoms with E-state index in [0.29, 0.717) is 13.0 Å². The van der Waals surface area contributed by atoms with Gasteiger partial charge < -0.3 is 4.90 Å². The van der Waals surface area contributed by atoms with Gasteiger partial charge in [-0.1, -0.05) is 36.4 Å². The average Bonchev–Trinajstić information content (AvgIpc) is 3.17. The Labute approximate surface area is 155 Å². The first kappa shape index (κ1) is 17.7. The van der Waals surface area contributed by atoms with Crippen molar-refractivity contribution < 1.29 is 13.2 Å². The molecule has 140 valence electrons. The van der Waals surface area contributed by atoms with E-state index in [9.17, 15) is 13.2 Å². The first-order chi connectivity index (χ1) is 12.4. The quantitative estimate of drug-likeness (QED) is 0.808. The van der Waals surface area contributed by atoms with Crippen molar-refractivity contribution in [3.05, 3.63) is 41.5 Å². The summed E-state index contributed by atoms with van der Waals surface area (Å²) in [6, 6.07) is 8.50. The van der Waals surface area contributed by atoms with Crippen LogP contribution in [0.4, 0.5) is 0 Å². The molecule has 1 aromatic rings. The normalized spacial score (nSPS) is 25.8. The van der Waals surface area contributed by atoms with E-state index < -0.39 is 9.84 Å². The summed E-state index contributed by atoms with van der Waals surface area (Å²) in [6.45, 7) is 1.82. The molecule has 4 rings (SSSR count). The van der Waals surface area contributed by atoms with Crippen molar-refractivity contribution in [3.8, 4) is 0 Å². The summed E-state index contributed by atoms with van der Waals surface area (Å²) in [6.07, 6.45) is 7.06. The van der Waals surface area contributed by atoms with Gasteiger partial charge in [0.2, 0.25) is 5.91 Å². The van der Waals surface area contributed by atoms with Crippen LogP contribution in [0.5, 0.6) is 0 Å². The molecule has 0 N–H and O–H groups in total. The van der Waals surface area contributed by atoms with Gasteiger partial charge in [0.25, 0.3) is 0 Å². The van der Waals surface area contributed by atoms with Crippen molar-refractivity contribution in [2.24, 2.45) is 0 Å². The maximum Gasteiger partial charge on any atom is 0.236 e. The maximum absolute atomic E-state index is 12.7. The van der Waals surface area contributed by atoms with Crippen LogP contribution < -0.4 is 0 Å². The molecule has 1 atom stereocenters. The van der Waals surface area contributed by atoms with E-state index in [1.165, 1.54) is 11.1 Å². The van der Waals surface area contributed by atoms with Gasteiger partial charge in [0.05, 0.1) is 18.1 Å². The Morgan fingerprint density at radius 1 is 1.27 bits per heavy atom. The molecule has 5 nitrogen and oxygen atoms in total. The van der Waals surface area contributed by atoms with Crippen molar-refractivity contribution in [1.29, 1.82) is 0 Å². The van der Waals surface area contributed by atoms with Gasteiger partial charge in [-0.25, -0.2) is 8.42 Å². The summed E-state index contributed by atoms with van der Waals surface area (Å²) < 4.78 is 23.3. The first-order valence-electron chi connectivity index (χ1n) is 9.36. The molecule has 1 amide bonds. The van der Waals surface area contributed by atoms with E-state index >= 15 is 0 Å². The molecule has 2 aliphatic heterocycles. The van der Waals surface area contributed by atoms with Crippen LogP contribution in [0.1, 0.15) is 30.4 Å². The fraction of sp³-hybridized carbons (Fsp3) is 0.550. The third kappa shape index (κ3) is 3.21. The van der Waals surface area contributed by atoms with Gasteiger partial charge in [-0.3, -0.25) is 9.69 Å². The van der Waals surface area contributed by atoms with Crippen LogP contribution in [0.2, 0.25) is 0 Å². The van der Waals surface area contributed by atoms with Gasteiger partial charge in [-0.05, 0) is 37.4 Å². The second-order valence-corrected chi connectivity index (χ2v) is 10.2. The molecule has 0 radical (unpaired) electrons. The molecule has 3 aliphatic rings. The molecule has 1 unspecified atom stereocenters. The molecule has 6 heteroatoms. The Balaban J connectivity index is 1.35. The summed E-state index contributed by atoms with van der Waals surface area (Å²) >= 11 is 0. The number of sulfone groups is 1. The van der Waals surface area contributed by atoms with E-state index in [2.05, 4.69) is 36.4 Å². The number of amides is 1. The standard InChI is InChI=1S/C20H26N2O3S/c1-21(17-7-13-26(24,25)15-17)14-19(23)22-11-9-20(10-12-22)8-6-16-4-2-3-5-18(16)20/h2-6,8,17H,7,9-15H2,1H3. The summed E-state index contributed by atoms with van der Waals surface area (Å²) in [7, 11) is -1.05. The fourth-order valence-electron chi connectivity index (χ4n) is 4.59. The molecular formula is C20H26N2O3S. The zero-order valence-corrected chi connectivity index (χ0v) is 16.0. The molecule has 1 spiro atoms. The lowest BCUT2D eigenvalue weighted by Crippen LogP contribution is -2.48. The van der Waals surface area contributed by atoms with Crippen LogP contribution in [0, 0.1) is 0 Å². The highest BCUT2D eigenvalue weighted by Gasteiger charge is 2.39. The van der Waals surface area contributed by atoms with E-state index in [1.54, 1.807) is 0 Å². The zero-order chi connectivity index (χ0) is 18.4. The van der Waals surface area contributed by atoms with Crippen LogP contribution in [0.25, 0.3) is 6.08 Å². The zero-order valence-electron chi connectivity index (χ0n) is 15.2. The monoisotopic (exact) mass is 374 g/mol. The molecule has 2 heterocycles. The highest BCUT2D eigenvalue weighted by molar-refractivity contribution is 7.91. The minimum atomic E-state index is -2.92. The van der Waals surface area contributed by atoms with Gasteiger partial charge >= 0.3 is 0 Å². The van der Waals surface area contributed by atoms with Gasteiger partial charge in [0.15, 0.2) is 9.84 Å². The summed E-state index contributed by atoms with van der Waals surface area (Å²) in [4.78, 5) is 16.6. The van der Waals surface area contributed by atoms with E-state index in [1.807, 2.05) is 16.8 Å². The molecule has 0 aromatic heterocycles. The van der Waals surface area contributed by atoms with Crippen molar-refractivity contribution in [2.45, 2.75) is 30.7 Å². The number of nitrogens with zero attached hydrogens (tertiary/aromatic N) is 2. The number of carbonyl (C=O) groups excluding carboxylic acids is 1. The number of hydrogen-bond donors (Lipinski definition) is 0. The van der Waals surface area contributed by atoms with Gasteiger partial charge in [-0.15, -0.1) is 0 Å². The second kappa shape index (κ2) is 6.50. The van der Waals surface area contributed by atoms with Crippen molar-refractivity contribution in [2.75, 3.05) is 38.2 Å². The largest absolute Gasteiger partial charge is 0.342 e. The maximum atomic E-state index is 12.7. The van der Waals surface area contributed by atoms with Crippen LogP contribution in [-0.2, 0) is 20.0 Å². The lowest BCUT2D eigenvalue weighted by Gasteiger charge is -2.40. The molecule has 2 saturated heterocycles. The first-order valence-corrected chi connectivity index (χ1v) is 11.2. The molecule has 0 bridgehead atoms. The average molecular weight is 375 g/mol. The number of hydrogen-bond acceptors (Lipinski definition) is 4. The molecule has 2 fully saturated rings. The molecule has 26 heavy (non-hydrogen) atoms. The molecule has 1 aromatic carbocycles. The van der Waals surface area contributed by atoms with Crippen LogP contribution in [0.15, 0.2) is 30.3 Å². The number of allylic oxidation sites excluding steroid dienone is 1. The van der Waals surface area contributed by atoms with Gasteiger partial charge in [-0.2, -0.15) is 0 Å². The lowest BCUT2D eigenvalue weighted by atomic mass is 9.74. The van der Waals surface area contributed by atoms with Crippen molar-refractivity contribution >= 4 is 21.8 Å². The number of piperidine rings is 1. The Kier molecular flexibility index (Phi) is 4.43. The summed E-state index contributed by atoms with van der Waals surface area (Å²) in [5.74, 6) is 0.539. The highest BCUT2D eigenvalue weighted by atomic mass is 32.2. The Morgan fingerprint density at radius 3 is 2.69 bits per heavy atom. The van der Waals surface area contributed by atoms with E-state index in [4.69, 9.17) is 0 Å². The Hall–Kier alpha value is -1.66. The molecular weight excluding hydrogens is 348 g/mol. The van der Waals surface area contributed by atoms with E-state index in [-0.39, 0.29) is 28.9 Å². The second-order valence-electron chi connectivity index (χ2n) is 7.93. The summed E-state index contributed by atoms with van der Waals surface area (Å²) in [5.41, 5.74) is 2.77. The number of benzene rings is 1. The van der Waals surface area contributed by atoms with Crippen LogP contribution in [0.3, 0.4) is 0 Å². The Bertz CT molecular complexity index is 838. The predicted octanol–water partition coefficient (Wildman–Crippen LogP) is 1.69. The number of fused-ring (bicyclic) bond motifs is 2. The third-order valence-corrected chi connectivity index (χ3v) is 8.05. The molecule has 0 saturated carbocycles. The lowest BCUT2D eigenvalue weighted by molar-refractivity contribution is -0.133. The smallest absolute Gasteiger partial charge is 0.236 e. The van der Waals surface area contributed by atoms with E-state index in [0.717, 1.165) is 25.9 Å². The number of likely N-dealkylation sites (N-methyl/N-ethyl adjacent to an activating group) is 1. The predicted molar refractivity (Wildman–Crippen MR) is 103 cm³/mol. The van der Waals surface area contributed by atoms with Crippen molar-refractivity contribution in [1.82, 2.24) is 9.80 Å². The summed E-state index contributed by atoms with van der Waals surface area (Å²) in [5, 5.41) is 0. The Morgan fingerprint density at radius 2 is 2.00 bits per heavy atom. The molecule has 1 aliphatic carbocycles. The van der Waals surface area contributed by atoms with Gasteiger partial charge in [0, 0.05) is 24.5 Å². The topological polar surface area (TPSA) is 57.7 Å². The number of rotatable bonds is 3. The van der Waals surface area contributed by atoms with Gasteiger partial charge in [0.1, 0.15) is 0 Å². The fourth-order valence-corrected chi connectivity index (χ4v) is 6.40. The minimum absolute atomic E-state index is 0.0234.